The van der Waals surface area contributed by atoms with E-state index in [9.17, 15) is 0 Å². The van der Waals surface area contributed by atoms with Crippen LogP contribution in [0.3, 0.4) is 0 Å². The van der Waals surface area contributed by atoms with E-state index in [0.29, 0.717) is 0 Å². The molecule has 0 bridgehead atoms. The number of fused-ring (bicyclic) bond motifs is 1. The first kappa shape index (κ1) is 12.3. The van der Waals surface area contributed by atoms with Gasteiger partial charge in [-0.2, -0.15) is 0 Å². The molecule has 0 atom stereocenters. The van der Waals surface area contributed by atoms with Crippen LogP contribution in [0.5, 0.6) is 5.75 Å². The van der Waals surface area contributed by atoms with E-state index in [1.54, 1.807) is 0 Å². The van der Waals surface area contributed by atoms with Crippen molar-refractivity contribution in [1.29, 1.82) is 0 Å². The minimum atomic E-state index is 0.833. The topological polar surface area (TPSA) is 18.0 Å². The summed E-state index contributed by atoms with van der Waals surface area (Å²) in [4.78, 5) is 0. The molecule has 1 aliphatic heterocycles. The van der Waals surface area contributed by atoms with E-state index in [4.69, 9.17) is 4.74 Å². The molecular weight excluding hydrogens is 236 g/mol. The Kier molecular flexibility index (Phi) is 3.53. The Balaban J connectivity index is 1.69. The predicted molar refractivity (Wildman–Crippen MR) is 74.3 cm³/mol. The Labute approximate surface area is 114 Å². The maximum atomic E-state index is 5.54. The van der Waals surface area contributed by atoms with Gasteiger partial charge in [-0.05, 0) is 29.7 Å². The lowest BCUT2D eigenvalue weighted by Gasteiger charge is -2.02. The van der Waals surface area contributed by atoms with Crippen LogP contribution in [0, 0.1) is 0 Å². The lowest BCUT2D eigenvalue weighted by Crippen LogP contribution is -2.31. The number of unbranched alkanes of at least 4 members (excludes halogenated alkanes) is 1. The van der Waals surface area contributed by atoms with Crippen LogP contribution in [0.4, 0.5) is 0 Å². The number of aryl methyl sites for hydroxylation is 1. The van der Waals surface area contributed by atoms with E-state index in [2.05, 4.69) is 53.0 Å². The SMILES string of the molecule is CCCCn1cc[n+](Cc2ccc3c(c2)CCO3)c1. The molecule has 0 aliphatic carbocycles. The molecule has 100 valence electrons. The molecule has 3 heteroatoms. The monoisotopic (exact) mass is 257 g/mol. The van der Waals surface area contributed by atoms with Crippen molar-refractivity contribution in [3.05, 3.63) is 48.0 Å². The molecule has 0 radical (unpaired) electrons. The van der Waals surface area contributed by atoms with Crippen LogP contribution in [-0.4, -0.2) is 11.2 Å². The number of benzene rings is 1. The molecule has 0 saturated carbocycles. The zero-order valence-electron chi connectivity index (χ0n) is 11.5. The summed E-state index contributed by atoms with van der Waals surface area (Å²) in [5.41, 5.74) is 2.70. The molecule has 0 fully saturated rings. The van der Waals surface area contributed by atoms with Crippen LogP contribution in [-0.2, 0) is 19.5 Å². The molecule has 3 rings (SSSR count). The van der Waals surface area contributed by atoms with Crippen molar-refractivity contribution in [2.45, 2.75) is 39.3 Å². The van der Waals surface area contributed by atoms with Gasteiger partial charge in [-0.1, -0.05) is 19.4 Å². The maximum absolute atomic E-state index is 5.54. The molecule has 0 N–H and O–H groups in total. The Morgan fingerprint density at radius 1 is 1.37 bits per heavy atom. The van der Waals surface area contributed by atoms with Crippen molar-refractivity contribution in [1.82, 2.24) is 4.57 Å². The van der Waals surface area contributed by atoms with Gasteiger partial charge in [0.15, 0.2) is 0 Å². The van der Waals surface area contributed by atoms with Crippen LogP contribution in [0.15, 0.2) is 36.9 Å². The Hall–Kier alpha value is -1.77. The molecular formula is C16H21N2O+. The van der Waals surface area contributed by atoms with Crippen LogP contribution >= 0.6 is 0 Å². The van der Waals surface area contributed by atoms with Gasteiger partial charge in [0, 0.05) is 6.42 Å². The molecule has 3 nitrogen and oxygen atoms in total. The van der Waals surface area contributed by atoms with Gasteiger partial charge in [0.05, 0.1) is 13.2 Å². The summed E-state index contributed by atoms with van der Waals surface area (Å²) < 4.78 is 10.0. The normalized spacial score (nSPS) is 13.3. The third-order valence-electron chi connectivity index (χ3n) is 3.64. The first-order valence-electron chi connectivity index (χ1n) is 7.14. The third-order valence-corrected chi connectivity index (χ3v) is 3.64. The minimum absolute atomic E-state index is 0.833. The Bertz CT molecular complexity index is 560. The summed E-state index contributed by atoms with van der Waals surface area (Å²) in [6.45, 7) is 5.11. The molecule has 0 spiro atoms. The Morgan fingerprint density at radius 2 is 2.32 bits per heavy atom. The lowest BCUT2D eigenvalue weighted by molar-refractivity contribution is -0.687. The first-order chi connectivity index (χ1) is 9.35. The van der Waals surface area contributed by atoms with E-state index in [1.165, 1.54) is 24.0 Å². The van der Waals surface area contributed by atoms with Crippen molar-refractivity contribution in [2.75, 3.05) is 6.61 Å². The maximum Gasteiger partial charge on any atom is 0.244 e. The van der Waals surface area contributed by atoms with Crippen LogP contribution in [0.25, 0.3) is 0 Å². The number of aromatic nitrogens is 2. The van der Waals surface area contributed by atoms with Gasteiger partial charge in [0.25, 0.3) is 0 Å². The average Bonchev–Trinajstić information content (AvgIpc) is 3.05. The van der Waals surface area contributed by atoms with Crippen LogP contribution < -0.4 is 9.30 Å². The van der Waals surface area contributed by atoms with Crippen LogP contribution in [0.1, 0.15) is 30.9 Å². The summed E-state index contributed by atoms with van der Waals surface area (Å²) in [5, 5.41) is 0. The van der Waals surface area contributed by atoms with Gasteiger partial charge in [-0.3, -0.25) is 0 Å². The number of imidazole rings is 1. The van der Waals surface area contributed by atoms with Crippen LogP contribution in [0.2, 0.25) is 0 Å². The van der Waals surface area contributed by atoms with E-state index >= 15 is 0 Å². The third kappa shape index (κ3) is 2.80. The highest BCUT2D eigenvalue weighted by Crippen LogP contribution is 2.25. The number of ether oxygens (including phenoxy) is 1. The van der Waals surface area contributed by atoms with Crippen molar-refractivity contribution >= 4 is 0 Å². The quantitative estimate of drug-likeness (QED) is 0.753. The highest BCUT2D eigenvalue weighted by molar-refractivity contribution is 5.39. The fourth-order valence-electron chi connectivity index (χ4n) is 2.55. The molecule has 2 heterocycles. The van der Waals surface area contributed by atoms with Crippen molar-refractivity contribution in [3.8, 4) is 5.75 Å². The average molecular weight is 257 g/mol. The molecule has 1 aliphatic rings. The molecule has 2 aromatic rings. The number of hydrogen-bond donors (Lipinski definition) is 0. The second kappa shape index (κ2) is 5.47. The fraction of sp³-hybridized carbons (Fsp3) is 0.438. The minimum Gasteiger partial charge on any atom is -0.493 e. The standard InChI is InChI=1S/C16H21N2O/c1-2-3-7-17-8-9-18(13-17)12-14-4-5-16-15(11-14)6-10-19-16/h4-5,8-9,11,13H,2-3,6-7,10,12H2,1H3/q+1. The van der Waals surface area contributed by atoms with Crippen molar-refractivity contribution in [2.24, 2.45) is 0 Å². The summed E-state index contributed by atoms with van der Waals surface area (Å²) in [6.07, 6.45) is 10.0. The molecule has 19 heavy (non-hydrogen) atoms. The molecule has 0 saturated heterocycles. The summed E-state index contributed by atoms with van der Waals surface area (Å²) in [5.74, 6) is 1.06. The molecule has 1 aromatic heterocycles. The van der Waals surface area contributed by atoms with Gasteiger partial charge in [-0.25, -0.2) is 9.13 Å². The van der Waals surface area contributed by atoms with E-state index in [1.807, 2.05) is 0 Å². The zero-order chi connectivity index (χ0) is 13.1. The number of hydrogen-bond acceptors (Lipinski definition) is 1. The highest BCUT2D eigenvalue weighted by atomic mass is 16.5. The van der Waals surface area contributed by atoms with E-state index < -0.39 is 0 Å². The fourth-order valence-corrected chi connectivity index (χ4v) is 2.55. The molecule has 1 aromatic carbocycles. The van der Waals surface area contributed by atoms with Gasteiger partial charge in [0.1, 0.15) is 24.7 Å². The van der Waals surface area contributed by atoms with E-state index in [-0.39, 0.29) is 0 Å². The van der Waals surface area contributed by atoms with Crippen molar-refractivity contribution < 1.29 is 9.30 Å². The second-order valence-corrected chi connectivity index (χ2v) is 5.22. The second-order valence-electron chi connectivity index (χ2n) is 5.22. The van der Waals surface area contributed by atoms with Gasteiger partial charge in [0.2, 0.25) is 6.33 Å². The summed E-state index contributed by atoms with van der Waals surface area (Å²) in [7, 11) is 0. The molecule has 0 amide bonds. The van der Waals surface area contributed by atoms with Crippen molar-refractivity contribution in [3.63, 3.8) is 0 Å². The van der Waals surface area contributed by atoms with Gasteiger partial charge < -0.3 is 4.74 Å². The summed E-state index contributed by atoms with van der Waals surface area (Å²) in [6, 6.07) is 6.55. The smallest absolute Gasteiger partial charge is 0.244 e. The lowest BCUT2D eigenvalue weighted by atomic mass is 10.1. The van der Waals surface area contributed by atoms with Gasteiger partial charge in [-0.15, -0.1) is 0 Å². The van der Waals surface area contributed by atoms with E-state index in [0.717, 1.165) is 31.9 Å². The largest absolute Gasteiger partial charge is 0.493 e. The Morgan fingerprint density at radius 3 is 3.21 bits per heavy atom. The number of rotatable bonds is 5. The zero-order valence-corrected chi connectivity index (χ0v) is 11.5. The number of nitrogens with zero attached hydrogens (tertiary/aromatic N) is 2. The first-order valence-corrected chi connectivity index (χ1v) is 7.14. The predicted octanol–water partition coefficient (Wildman–Crippen LogP) is 2.56. The van der Waals surface area contributed by atoms with Gasteiger partial charge >= 0.3 is 0 Å². The summed E-state index contributed by atoms with van der Waals surface area (Å²) >= 11 is 0. The highest BCUT2D eigenvalue weighted by Gasteiger charge is 2.13. The molecule has 0 unspecified atom stereocenters.